The number of hydrogen-bond donors (Lipinski definition) is 4. The zero-order valence-electron chi connectivity index (χ0n) is 14.2. The first kappa shape index (κ1) is 17.5. The predicted molar refractivity (Wildman–Crippen MR) is 110 cm³/mol. The third-order valence-corrected chi connectivity index (χ3v) is 4.80. The lowest BCUT2D eigenvalue weighted by Gasteiger charge is -2.15. The highest BCUT2D eigenvalue weighted by atomic mass is 79.9. The van der Waals surface area contributed by atoms with Gasteiger partial charge in [-0.15, -0.1) is 0 Å². The van der Waals surface area contributed by atoms with Gasteiger partial charge < -0.3 is 20.4 Å². The number of benzene rings is 2. The average molecular weight is 425 g/mol. The minimum Gasteiger partial charge on any atom is -0.387 e. The maximum Gasteiger partial charge on any atom is 0.261 e. The number of halogens is 1. The lowest BCUT2D eigenvalue weighted by atomic mass is 10.1. The van der Waals surface area contributed by atoms with Gasteiger partial charge in [-0.05, 0) is 35.9 Å². The number of hydrogen-bond acceptors (Lipinski definition) is 4. The van der Waals surface area contributed by atoms with E-state index in [4.69, 9.17) is 0 Å². The first-order valence-electron chi connectivity index (χ1n) is 8.46. The van der Waals surface area contributed by atoms with Crippen LogP contribution in [-0.2, 0) is 0 Å². The third-order valence-electron chi connectivity index (χ3n) is 4.31. The second-order valence-corrected chi connectivity index (χ2v) is 7.07. The quantitative estimate of drug-likeness (QED) is 0.391. The van der Waals surface area contributed by atoms with Crippen LogP contribution < -0.4 is 10.9 Å². The predicted octanol–water partition coefficient (Wildman–Crippen LogP) is 3.83. The number of imidazole rings is 1. The van der Waals surface area contributed by atoms with Gasteiger partial charge >= 0.3 is 0 Å². The molecule has 27 heavy (non-hydrogen) atoms. The Morgan fingerprint density at radius 3 is 2.81 bits per heavy atom. The molecule has 4 N–H and O–H groups in total. The van der Waals surface area contributed by atoms with Crippen molar-refractivity contribution >= 4 is 32.7 Å². The van der Waals surface area contributed by atoms with E-state index < -0.39 is 6.10 Å². The van der Waals surface area contributed by atoms with Crippen molar-refractivity contribution in [2.24, 2.45) is 0 Å². The Kier molecular flexibility index (Phi) is 4.79. The monoisotopic (exact) mass is 424 g/mol. The molecule has 136 valence electrons. The Morgan fingerprint density at radius 1 is 1.15 bits per heavy atom. The van der Waals surface area contributed by atoms with Gasteiger partial charge in [0.15, 0.2) is 0 Å². The van der Waals surface area contributed by atoms with Gasteiger partial charge in [0.05, 0.1) is 22.8 Å². The molecule has 2 heterocycles. The summed E-state index contributed by atoms with van der Waals surface area (Å²) in [7, 11) is 0. The van der Waals surface area contributed by atoms with Crippen molar-refractivity contribution in [2.45, 2.75) is 6.10 Å². The SMILES string of the molecule is O=c1[nH]ccc(NCC(O)c2cccc(Br)c2)c1-c1nc2ccccc2[nH]1. The molecule has 0 fully saturated rings. The molecule has 0 bridgehead atoms. The minimum absolute atomic E-state index is 0.254. The summed E-state index contributed by atoms with van der Waals surface area (Å²) in [5.74, 6) is 0.484. The Hall–Kier alpha value is -2.90. The summed E-state index contributed by atoms with van der Waals surface area (Å²) in [5.41, 5.74) is 3.19. The Bertz CT molecular complexity index is 1120. The van der Waals surface area contributed by atoms with E-state index in [9.17, 15) is 9.90 Å². The smallest absolute Gasteiger partial charge is 0.261 e. The van der Waals surface area contributed by atoms with Crippen LogP contribution in [0.2, 0.25) is 0 Å². The first-order chi connectivity index (χ1) is 13.1. The molecule has 0 aliphatic carbocycles. The van der Waals surface area contributed by atoms with E-state index in [0.717, 1.165) is 21.1 Å². The number of nitrogens with zero attached hydrogens (tertiary/aromatic N) is 1. The van der Waals surface area contributed by atoms with Crippen LogP contribution in [0.15, 0.2) is 70.1 Å². The highest BCUT2D eigenvalue weighted by Gasteiger charge is 2.15. The van der Waals surface area contributed by atoms with Crippen LogP contribution in [0, 0.1) is 0 Å². The standard InChI is InChI=1S/C20H17BrN4O2/c21-13-5-3-4-12(10-13)17(26)11-23-16-8-9-22-20(27)18(16)19-24-14-6-1-2-7-15(14)25-19/h1-10,17,26H,11H2,(H,24,25)(H2,22,23,27). The van der Waals surface area contributed by atoms with Crippen molar-refractivity contribution in [1.82, 2.24) is 15.0 Å². The van der Waals surface area contributed by atoms with E-state index in [2.05, 4.69) is 36.2 Å². The van der Waals surface area contributed by atoms with Gasteiger partial charge in [0.25, 0.3) is 5.56 Å². The van der Waals surface area contributed by atoms with Gasteiger partial charge in [0.1, 0.15) is 11.4 Å². The fourth-order valence-corrected chi connectivity index (χ4v) is 3.39. The molecule has 0 aliphatic heterocycles. The van der Waals surface area contributed by atoms with Gasteiger partial charge in [-0.2, -0.15) is 0 Å². The van der Waals surface area contributed by atoms with E-state index in [-0.39, 0.29) is 12.1 Å². The number of fused-ring (bicyclic) bond motifs is 1. The van der Waals surface area contributed by atoms with Crippen molar-refractivity contribution in [2.75, 3.05) is 11.9 Å². The van der Waals surface area contributed by atoms with E-state index >= 15 is 0 Å². The number of nitrogens with one attached hydrogen (secondary N) is 3. The number of rotatable bonds is 5. The average Bonchev–Trinajstić information content (AvgIpc) is 3.09. The van der Waals surface area contributed by atoms with E-state index in [1.165, 1.54) is 0 Å². The van der Waals surface area contributed by atoms with Crippen LogP contribution in [0.4, 0.5) is 5.69 Å². The van der Waals surface area contributed by atoms with Gasteiger partial charge in [0, 0.05) is 17.2 Å². The summed E-state index contributed by atoms with van der Waals surface area (Å²) in [4.78, 5) is 22.8. The number of H-pyrrole nitrogens is 2. The highest BCUT2D eigenvalue weighted by molar-refractivity contribution is 9.10. The van der Waals surface area contributed by atoms with Crippen molar-refractivity contribution in [3.05, 3.63) is 81.2 Å². The Labute approximate surface area is 163 Å². The lowest BCUT2D eigenvalue weighted by Crippen LogP contribution is -2.17. The van der Waals surface area contributed by atoms with E-state index in [1.54, 1.807) is 12.3 Å². The maximum absolute atomic E-state index is 12.5. The van der Waals surface area contributed by atoms with Crippen LogP contribution in [0.5, 0.6) is 0 Å². The minimum atomic E-state index is -0.717. The second kappa shape index (κ2) is 7.38. The number of aromatic amines is 2. The molecule has 0 aliphatic rings. The molecule has 1 atom stereocenters. The zero-order valence-corrected chi connectivity index (χ0v) is 15.8. The molecule has 6 nitrogen and oxygen atoms in total. The summed E-state index contributed by atoms with van der Waals surface area (Å²) in [5, 5.41) is 13.6. The summed E-state index contributed by atoms with van der Waals surface area (Å²) < 4.78 is 0.901. The van der Waals surface area contributed by atoms with Gasteiger partial charge in [-0.3, -0.25) is 4.79 Å². The molecule has 4 aromatic rings. The van der Waals surface area contributed by atoms with Crippen LogP contribution in [-0.4, -0.2) is 26.6 Å². The van der Waals surface area contributed by atoms with Gasteiger partial charge in [-0.1, -0.05) is 40.2 Å². The van der Waals surface area contributed by atoms with Gasteiger partial charge in [0.2, 0.25) is 0 Å². The van der Waals surface area contributed by atoms with Crippen LogP contribution in [0.25, 0.3) is 22.4 Å². The van der Waals surface area contributed by atoms with Crippen molar-refractivity contribution in [3.8, 4) is 11.4 Å². The number of aliphatic hydroxyl groups excluding tert-OH is 1. The Balaban J connectivity index is 1.64. The van der Waals surface area contributed by atoms with Crippen molar-refractivity contribution in [3.63, 3.8) is 0 Å². The maximum atomic E-state index is 12.5. The fraction of sp³-hybridized carbons (Fsp3) is 0.100. The highest BCUT2D eigenvalue weighted by Crippen LogP contribution is 2.25. The Morgan fingerprint density at radius 2 is 2.00 bits per heavy atom. The van der Waals surface area contributed by atoms with E-state index in [1.807, 2.05) is 48.5 Å². The van der Waals surface area contributed by atoms with Crippen molar-refractivity contribution in [1.29, 1.82) is 0 Å². The molecular weight excluding hydrogens is 408 g/mol. The molecule has 0 spiro atoms. The third kappa shape index (κ3) is 3.65. The largest absolute Gasteiger partial charge is 0.387 e. The molecule has 7 heteroatoms. The summed E-state index contributed by atoms with van der Waals surface area (Å²) >= 11 is 3.41. The number of aromatic nitrogens is 3. The molecule has 0 saturated heterocycles. The molecule has 1 unspecified atom stereocenters. The number of pyridine rings is 1. The normalized spacial score (nSPS) is 12.2. The van der Waals surface area contributed by atoms with Crippen LogP contribution in [0.3, 0.4) is 0 Å². The van der Waals surface area contributed by atoms with Crippen LogP contribution >= 0.6 is 15.9 Å². The lowest BCUT2D eigenvalue weighted by molar-refractivity contribution is 0.191. The van der Waals surface area contributed by atoms with Crippen molar-refractivity contribution < 1.29 is 5.11 Å². The molecular formula is C20H17BrN4O2. The topological polar surface area (TPSA) is 93.8 Å². The number of para-hydroxylation sites is 2. The summed E-state index contributed by atoms with van der Waals surface area (Å²) in [6.07, 6.45) is 0.854. The molecule has 2 aromatic heterocycles. The molecule has 4 rings (SSSR count). The number of aliphatic hydroxyl groups is 1. The molecule has 0 saturated carbocycles. The summed E-state index contributed by atoms with van der Waals surface area (Å²) in [6.45, 7) is 0.257. The first-order valence-corrected chi connectivity index (χ1v) is 9.25. The molecule has 2 aromatic carbocycles. The molecule has 0 radical (unpaired) electrons. The van der Waals surface area contributed by atoms with Gasteiger partial charge in [-0.25, -0.2) is 4.98 Å². The van der Waals surface area contributed by atoms with Crippen LogP contribution in [0.1, 0.15) is 11.7 Å². The summed E-state index contributed by atoms with van der Waals surface area (Å²) in [6, 6.07) is 16.9. The second-order valence-electron chi connectivity index (χ2n) is 6.15. The molecule has 0 amide bonds. The zero-order chi connectivity index (χ0) is 18.8. The number of anilines is 1. The fourth-order valence-electron chi connectivity index (χ4n) is 2.97. The van der Waals surface area contributed by atoms with E-state index in [0.29, 0.717) is 17.1 Å².